The molecule has 0 aliphatic carbocycles. The molecule has 0 aromatic heterocycles. The van der Waals surface area contributed by atoms with Crippen molar-refractivity contribution < 1.29 is 4.92 Å². The van der Waals surface area contributed by atoms with Crippen LogP contribution in [0.25, 0.3) is 0 Å². The van der Waals surface area contributed by atoms with Crippen molar-refractivity contribution in [2.45, 2.75) is 0 Å². The van der Waals surface area contributed by atoms with E-state index >= 15 is 0 Å². The molecule has 1 saturated heterocycles. The van der Waals surface area contributed by atoms with Crippen LogP contribution in [0.3, 0.4) is 0 Å². The largest absolute Gasteiger partial charge is 0.368 e. The Morgan fingerprint density at radius 1 is 1.04 bits per heavy atom. The Morgan fingerprint density at radius 3 is 2.20 bits per heavy atom. The normalized spacial score (nSPS) is 14.3. The maximum atomic E-state index is 10.7. The number of hydrogen-bond acceptors (Lipinski definition) is 4. The molecule has 1 aliphatic rings. The minimum absolute atomic E-state index is 0.0630. The van der Waals surface area contributed by atoms with E-state index in [-0.39, 0.29) is 5.69 Å². The number of anilines is 2. The van der Waals surface area contributed by atoms with Gasteiger partial charge in [-0.1, -0.05) is 11.6 Å². The molecular weight excluding hydrogens is 360 g/mol. The molecule has 0 amide bonds. The van der Waals surface area contributed by atoms with Gasteiger partial charge in [-0.05, 0) is 48.6 Å². The Bertz CT molecular complexity index is 759. The highest BCUT2D eigenvalue weighted by molar-refractivity contribution is 7.80. The number of rotatable bonds is 3. The quantitative estimate of drug-likeness (QED) is 0.500. The van der Waals surface area contributed by atoms with Crippen LogP contribution in [0.1, 0.15) is 0 Å². The minimum atomic E-state index is -0.419. The van der Waals surface area contributed by atoms with Crippen molar-refractivity contribution in [3.8, 4) is 0 Å². The van der Waals surface area contributed by atoms with Gasteiger partial charge in [0.1, 0.15) is 0 Å². The monoisotopic (exact) mass is 376 g/mol. The predicted octanol–water partition coefficient (Wildman–Crippen LogP) is 3.77. The van der Waals surface area contributed by atoms with Crippen LogP contribution in [0.4, 0.5) is 17.1 Å². The Balaban J connectivity index is 1.54. The molecular formula is C17H17ClN4O2S. The van der Waals surface area contributed by atoms with E-state index in [1.165, 1.54) is 12.1 Å². The molecule has 0 bridgehead atoms. The fraction of sp³-hybridized carbons (Fsp3) is 0.235. The molecule has 6 nitrogen and oxygen atoms in total. The van der Waals surface area contributed by atoms with Crippen LogP contribution in [-0.4, -0.2) is 41.1 Å². The third-order valence-corrected chi connectivity index (χ3v) is 4.70. The topological polar surface area (TPSA) is 61.7 Å². The van der Waals surface area contributed by atoms with Gasteiger partial charge in [-0.25, -0.2) is 0 Å². The van der Waals surface area contributed by atoms with Gasteiger partial charge in [-0.2, -0.15) is 0 Å². The van der Waals surface area contributed by atoms with E-state index in [9.17, 15) is 10.1 Å². The number of nitrogens with zero attached hydrogens (tertiary/aromatic N) is 3. The van der Waals surface area contributed by atoms with E-state index in [1.807, 2.05) is 24.3 Å². The Morgan fingerprint density at radius 2 is 1.64 bits per heavy atom. The van der Waals surface area contributed by atoms with Gasteiger partial charge in [0.05, 0.1) is 4.92 Å². The Kier molecular flexibility index (Phi) is 5.35. The van der Waals surface area contributed by atoms with Crippen molar-refractivity contribution in [2.75, 3.05) is 36.4 Å². The minimum Gasteiger partial charge on any atom is -0.368 e. The second-order valence-corrected chi connectivity index (χ2v) is 6.51. The molecule has 130 valence electrons. The summed E-state index contributed by atoms with van der Waals surface area (Å²) in [5, 5.41) is 15.2. The lowest BCUT2D eigenvalue weighted by Gasteiger charge is -2.37. The molecule has 2 aromatic carbocycles. The van der Waals surface area contributed by atoms with Crippen molar-refractivity contribution in [3.05, 3.63) is 63.7 Å². The average Bonchev–Trinajstić information content (AvgIpc) is 2.63. The summed E-state index contributed by atoms with van der Waals surface area (Å²) < 4.78 is 0. The molecule has 0 saturated carbocycles. The zero-order valence-corrected chi connectivity index (χ0v) is 15.0. The number of non-ortho nitro benzene ring substituents is 1. The molecule has 0 radical (unpaired) electrons. The van der Waals surface area contributed by atoms with Crippen LogP contribution < -0.4 is 10.2 Å². The third-order valence-electron chi connectivity index (χ3n) is 4.09. The van der Waals surface area contributed by atoms with Crippen LogP contribution in [0.2, 0.25) is 5.02 Å². The molecule has 3 rings (SSSR count). The fourth-order valence-corrected chi connectivity index (χ4v) is 3.12. The first-order valence-corrected chi connectivity index (χ1v) is 8.62. The third kappa shape index (κ3) is 4.37. The molecule has 0 unspecified atom stereocenters. The van der Waals surface area contributed by atoms with E-state index < -0.39 is 4.92 Å². The molecule has 8 heteroatoms. The van der Waals surface area contributed by atoms with Gasteiger partial charge in [0.15, 0.2) is 5.11 Å². The Hall–Kier alpha value is -2.38. The number of piperazine rings is 1. The second-order valence-electron chi connectivity index (χ2n) is 5.68. The number of nitro benzene ring substituents is 1. The molecule has 1 fully saturated rings. The molecule has 2 aromatic rings. The second kappa shape index (κ2) is 7.67. The van der Waals surface area contributed by atoms with Crippen molar-refractivity contribution in [1.82, 2.24) is 4.90 Å². The van der Waals surface area contributed by atoms with Crippen LogP contribution in [0.15, 0.2) is 48.5 Å². The molecule has 1 aliphatic heterocycles. The van der Waals surface area contributed by atoms with E-state index in [1.54, 1.807) is 12.1 Å². The highest BCUT2D eigenvalue weighted by Crippen LogP contribution is 2.20. The lowest BCUT2D eigenvalue weighted by molar-refractivity contribution is -0.384. The smallest absolute Gasteiger partial charge is 0.269 e. The van der Waals surface area contributed by atoms with Gasteiger partial charge in [0.2, 0.25) is 0 Å². The summed E-state index contributed by atoms with van der Waals surface area (Å²) in [4.78, 5) is 14.7. The number of hydrogen-bond donors (Lipinski definition) is 1. The van der Waals surface area contributed by atoms with Crippen molar-refractivity contribution in [2.24, 2.45) is 0 Å². The van der Waals surface area contributed by atoms with E-state index in [4.69, 9.17) is 23.8 Å². The summed E-state index contributed by atoms with van der Waals surface area (Å²) in [5.41, 5.74) is 1.96. The molecule has 1 heterocycles. The first-order chi connectivity index (χ1) is 12.0. The van der Waals surface area contributed by atoms with E-state index in [0.29, 0.717) is 5.11 Å². The summed E-state index contributed by atoms with van der Waals surface area (Å²) in [6.45, 7) is 3.34. The maximum absolute atomic E-state index is 10.7. The molecule has 1 N–H and O–H groups in total. The fourth-order valence-electron chi connectivity index (χ4n) is 2.69. The average molecular weight is 377 g/mol. The number of nitrogens with one attached hydrogen (secondary N) is 1. The lowest BCUT2D eigenvalue weighted by atomic mass is 10.2. The standard InChI is InChI=1S/C17H17ClN4O2S/c18-13-1-5-15(6-2-13)20-9-11-21(12-10-20)17(25)19-14-3-7-16(8-4-14)22(23)24/h1-8H,9-12H2,(H,19,25). The van der Waals surface area contributed by atoms with E-state index in [0.717, 1.165) is 42.6 Å². The number of halogens is 1. The lowest BCUT2D eigenvalue weighted by Crippen LogP contribution is -2.50. The number of thiocarbonyl (C=S) groups is 1. The van der Waals surface area contributed by atoms with Crippen LogP contribution in [0.5, 0.6) is 0 Å². The molecule has 0 atom stereocenters. The van der Waals surface area contributed by atoms with Crippen LogP contribution in [-0.2, 0) is 0 Å². The van der Waals surface area contributed by atoms with Gasteiger partial charge in [-0.3, -0.25) is 10.1 Å². The summed E-state index contributed by atoms with van der Waals surface area (Å²) in [6, 6.07) is 14.1. The van der Waals surface area contributed by atoms with Gasteiger partial charge < -0.3 is 15.1 Å². The highest BCUT2D eigenvalue weighted by atomic mass is 35.5. The van der Waals surface area contributed by atoms with Crippen molar-refractivity contribution in [1.29, 1.82) is 0 Å². The summed E-state index contributed by atoms with van der Waals surface area (Å²) >= 11 is 11.4. The van der Waals surface area contributed by atoms with E-state index in [2.05, 4.69) is 15.1 Å². The summed E-state index contributed by atoms with van der Waals surface area (Å²) in [7, 11) is 0. The molecule has 25 heavy (non-hydrogen) atoms. The predicted molar refractivity (Wildman–Crippen MR) is 105 cm³/mol. The zero-order chi connectivity index (χ0) is 17.8. The number of benzene rings is 2. The van der Waals surface area contributed by atoms with Crippen LogP contribution in [0, 0.1) is 10.1 Å². The summed E-state index contributed by atoms with van der Waals surface area (Å²) in [5.74, 6) is 0. The van der Waals surface area contributed by atoms with Gasteiger partial charge >= 0.3 is 0 Å². The van der Waals surface area contributed by atoms with Crippen LogP contribution >= 0.6 is 23.8 Å². The summed E-state index contributed by atoms with van der Waals surface area (Å²) in [6.07, 6.45) is 0. The van der Waals surface area contributed by atoms with Gasteiger partial charge in [-0.15, -0.1) is 0 Å². The number of nitro groups is 1. The first-order valence-electron chi connectivity index (χ1n) is 7.84. The SMILES string of the molecule is O=[N+]([O-])c1ccc(NC(=S)N2CCN(c3ccc(Cl)cc3)CC2)cc1. The van der Waals surface area contributed by atoms with Gasteiger partial charge in [0.25, 0.3) is 5.69 Å². The van der Waals surface area contributed by atoms with Crippen molar-refractivity contribution in [3.63, 3.8) is 0 Å². The first kappa shape index (κ1) is 17.4. The van der Waals surface area contributed by atoms with Crippen molar-refractivity contribution >= 4 is 46.0 Å². The highest BCUT2D eigenvalue weighted by Gasteiger charge is 2.19. The Labute approximate surface area is 156 Å². The van der Waals surface area contributed by atoms with Gasteiger partial charge in [0, 0.05) is 54.7 Å². The molecule has 0 spiro atoms. The zero-order valence-electron chi connectivity index (χ0n) is 13.4. The maximum Gasteiger partial charge on any atom is 0.269 e.